The van der Waals surface area contributed by atoms with Crippen LogP contribution in [-0.4, -0.2) is 6.61 Å². The molecule has 0 atom stereocenters. The van der Waals surface area contributed by atoms with Gasteiger partial charge < -0.3 is 4.74 Å². The first-order valence-electron chi connectivity index (χ1n) is 8.74. The predicted octanol–water partition coefficient (Wildman–Crippen LogP) is 6.15. The molecule has 0 bridgehead atoms. The van der Waals surface area contributed by atoms with Gasteiger partial charge in [0.05, 0.1) is 6.61 Å². The van der Waals surface area contributed by atoms with E-state index in [1.807, 2.05) is 12.1 Å². The van der Waals surface area contributed by atoms with Gasteiger partial charge >= 0.3 is 0 Å². The Kier molecular flexibility index (Phi) is 6.77. The summed E-state index contributed by atoms with van der Waals surface area (Å²) in [6.07, 6.45) is 3.77. The lowest BCUT2D eigenvalue weighted by atomic mass is 9.99. The Hall–Kier alpha value is -1.90. The van der Waals surface area contributed by atoms with Gasteiger partial charge in [-0.1, -0.05) is 51.0 Å². The van der Waals surface area contributed by atoms with Crippen LogP contribution in [0.15, 0.2) is 48.5 Å². The normalized spacial score (nSPS) is 11.5. The molecule has 0 N–H and O–H groups in total. The predicted molar refractivity (Wildman–Crippen MR) is 94.9 cm³/mol. The van der Waals surface area contributed by atoms with Gasteiger partial charge in [-0.3, -0.25) is 0 Å². The zero-order valence-electron chi connectivity index (χ0n) is 14.5. The third-order valence-corrected chi connectivity index (χ3v) is 4.03. The summed E-state index contributed by atoms with van der Waals surface area (Å²) >= 11 is 0. The van der Waals surface area contributed by atoms with Crippen LogP contribution < -0.4 is 4.74 Å². The average Bonchev–Trinajstić information content (AvgIpc) is 2.57. The summed E-state index contributed by atoms with van der Waals surface area (Å²) in [5.41, 5.74) is 1.88. The molecule has 24 heavy (non-hydrogen) atoms. The second kappa shape index (κ2) is 8.81. The minimum Gasteiger partial charge on any atom is -0.494 e. The molecule has 3 heteroatoms. The molecule has 0 aromatic heterocycles. The molecule has 2 aromatic rings. The fraction of sp³-hybridized carbons (Fsp3) is 0.429. The van der Waals surface area contributed by atoms with E-state index < -0.39 is 5.92 Å². The lowest BCUT2D eigenvalue weighted by molar-refractivity contribution is -0.00386. The minimum atomic E-state index is -2.88. The van der Waals surface area contributed by atoms with E-state index in [1.165, 1.54) is 17.7 Å². The molecule has 0 amide bonds. The zero-order chi connectivity index (χ0) is 17.4. The highest BCUT2D eigenvalue weighted by molar-refractivity contribution is 5.32. The largest absolute Gasteiger partial charge is 0.494 e. The third-order valence-electron chi connectivity index (χ3n) is 4.03. The second-order valence-corrected chi connectivity index (χ2v) is 6.17. The minimum absolute atomic E-state index is 0.0305. The third kappa shape index (κ3) is 5.33. The smallest absolute Gasteiger partial charge is 0.277 e. The van der Waals surface area contributed by atoms with Crippen LogP contribution in [0.5, 0.6) is 5.75 Å². The van der Waals surface area contributed by atoms with Crippen molar-refractivity contribution in [2.24, 2.45) is 0 Å². The van der Waals surface area contributed by atoms with Crippen LogP contribution in [0.3, 0.4) is 0 Å². The van der Waals surface area contributed by atoms with Gasteiger partial charge in [0.1, 0.15) is 5.75 Å². The highest BCUT2D eigenvalue weighted by Gasteiger charge is 2.31. The van der Waals surface area contributed by atoms with Crippen molar-refractivity contribution in [2.75, 3.05) is 6.61 Å². The Bertz CT molecular complexity index is 603. The highest BCUT2D eigenvalue weighted by atomic mass is 19.3. The van der Waals surface area contributed by atoms with Crippen molar-refractivity contribution >= 4 is 0 Å². The van der Waals surface area contributed by atoms with Crippen LogP contribution >= 0.6 is 0 Å². The molecule has 0 aliphatic carbocycles. The van der Waals surface area contributed by atoms with Crippen LogP contribution in [0.4, 0.5) is 8.78 Å². The summed E-state index contributed by atoms with van der Waals surface area (Å²) in [7, 11) is 0. The van der Waals surface area contributed by atoms with E-state index in [9.17, 15) is 8.78 Å². The van der Waals surface area contributed by atoms with E-state index in [2.05, 4.69) is 13.8 Å². The maximum absolute atomic E-state index is 14.5. The van der Waals surface area contributed by atoms with E-state index in [-0.39, 0.29) is 12.0 Å². The molecule has 0 saturated heterocycles. The number of aryl methyl sites for hydroxylation is 1. The van der Waals surface area contributed by atoms with Crippen molar-refractivity contribution in [1.29, 1.82) is 0 Å². The molecule has 130 valence electrons. The van der Waals surface area contributed by atoms with Gasteiger partial charge in [0.15, 0.2) is 0 Å². The van der Waals surface area contributed by atoms with Crippen LogP contribution in [0.25, 0.3) is 0 Å². The molecule has 0 radical (unpaired) electrons. The van der Waals surface area contributed by atoms with Crippen molar-refractivity contribution in [2.45, 2.75) is 51.9 Å². The Labute approximate surface area is 143 Å². The number of ether oxygens (including phenoxy) is 1. The number of hydrogen-bond acceptors (Lipinski definition) is 1. The SMILES string of the molecule is CCCCOc1ccc(C(F)(F)Cc2ccc(CCC)cc2)cc1. The van der Waals surface area contributed by atoms with E-state index >= 15 is 0 Å². The van der Waals surface area contributed by atoms with Crippen LogP contribution in [0.1, 0.15) is 49.8 Å². The maximum atomic E-state index is 14.5. The van der Waals surface area contributed by atoms with Gasteiger partial charge in [0.2, 0.25) is 0 Å². The summed E-state index contributed by atoms with van der Waals surface area (Å²) in [5, 5.41) is 0. The van der Waals surface area contributed by atoms with E-state index in [4.69, 9.17) is 4.74 Å². The summed E-state index contributed by atoms with van der Waals surface area (Å²) in [4.78, 5) is 0. The summed E-state index contributed by atoms with van der Waals surface area (Å²) < 4.78 is 34.5. The fourth-order valence-electron chi connectivity index (χ4n) is 2.60. The van der Waals surface area contributed by atoms with Crippen LogP contribution in [0.2, 0.25) is 0 Å². The van der Waals surface area contributed by atoms with Crippen molar-refractivity contribution in [1.82, 2.24) is 0 Å². The second-order valence-electron chi connectivity index (χ2n) is 6.17. The fourth-order valence-corrected chi connectivity index (χ4v) is 2.60. The number of rotatable bonds is 9. The molecule has 0 spiro atoms. The van der Waals surface area contributed by atoms with E-state index in [1.54, 1.807) is 24.3 Å². The summed E-state index contributed by atoms with van der Waals surface area (Å²) in [6, 6.07) is 13.7. The first-order chi connectivity index (χ1) is 11.5. The van der Waals surface area contributed by atoms with Gasteiger partial charge in [-0.25, -0.2) is 8.78 Å². The number of unbranched alkanes of at least 4 members (excludes halogenated alkanes) is 1. The molecule has 0 heterocycles. The number of alkyl halides is 2. The lowest BCUT2D eigenvalue weighted by Gasteiger charge is -2.17. The van der Waals surface area contributed by atoms with Gasteiger partial charge in [0, 0.05) is 12.0 Å². The van der Waals surface area contributed by atoms with E-state index in [0.717, 1.165) is 25.7 Å². The Morgan fingerprint density at radius 2 is 1.46 bits per heavy atom. The van der Waals surface area contributed by atoms with Gasteiger partial charge in [-0.15, -0.1) is 0 Å². The molecule has 2 rings (SSSR count). The first-order valence-corrected chi connectivity index (χ1v) is 8.74. The van der Waals surface area contributed by atoms with Crippen LogP contribution in [0, 0.1) is 0 Å². The molecule has 0 saturated carbocycles. The molecule has 0 unspecified atom stereocenters. The average molecular weight is 332 g/mol. The topological polar surface area (TPSA) is 9.23 Å². The Morgan fingerprint density at radius 1 is 0.833 bits per heavy atom. The number of hydrogen-bond donors (Lipinski definition) is 0. The number of benzene rings is 2. The molecule has 0 aliphatic heterocycles. The monoisotopic (exact) mass is 332 g/mol. The van der Waals surface area contributed by atoms with Crippen molar-refractivity contribution in [3.8, 4) is 5.75 Å². The van der Waals surface area contributed by atoms with Gasteiger partial charge in [-0.05, 0) is 48.2 Å². The molecule has 0 aliphatic rings. The molecule has 1 nitrogen and oxygen atoms in total. The standard InChI is InChI=1S/C21H26F2O/c1-3-5-15-24-20-13-11-19(12-14-20)21(22,23)16-18-9-7-17(6-4-2)8-10-18/h7-14H,3-6,15-16H2,1-2H3. The zero-order valence-corrected chi connectivity index (χ0v) is 14.5. The summed E-state index contributed by atoms with van der Waals surface area (Å²) in [5.74, 6) is -2.24. The Morgan fingerprint density at radius 3 is 2.04 bits per heavy atom. The molecular weight excluding hydrogens is 306 g/mol. The molecular formula is C21H26F2O. The van der Waals surface area contributed by atoms with Gasteiger partial charge in [0.25, 0.3) is 5.92 Å². The Balaban J connectivity index is 2.00. The van der Waals surface area contributed by atoms with Crippen molar-refractivity contribution in [3.63, 3.8) is 0 Å². The first kappa shape index (κ1) is 18.4. The van der Waals surface area contributed by atoms with Crippen LogP contribution in [-0.2, 0) is 18.8 Å². The van der Waals surface area contributed by atoms with Crippen molar-refractivity contribution in [3.05, 3.63) is 65.2 Å². The van der Waals surface area contributed by atoms with E-state index in [0.29, 0.717) is 17.9 Å². The van der Waals surface area contributed by atoms with Gasteiger partial charge in [-0.2, -0.15) is 0 Å². The lowest BCUT2D eigenvalue weighted by Crippen LogP contribution is -2.17. The van der Waals surface area contributed by atoms with Crippen molar-refractivity contribution < 1.29 is 13.5 Å². The highest BCUT2D eigenvalue weighted by Crippen LogP contribution is 2.33. The summed E-state index contributed by atoms with van der Waals surface area (Å²) in [6.45, 7) is 4.82. The maximum Gasteiger partial charge on any atom is 0.277 e. The quantitative estimate of drug-likeness (QED) is 0.500. The molecule has 0 fully saturated rings. The molecule has 2 aromatic carbocycles. The number of halogens is 2.